The Bertz CT molecular complexity index is 1170. The zero-order valence-electron chi connectivity index (χ0n) is 17.3. The molecule has 0 aliphatic rings. The van der Waals surface area contributed by atoms with E-state index in [1.165, 1.54) is 6.08 Å². The van der Waals surface area contributed by atoms with Gasteiger partial charge in [0.1, 0.15) is 18.2 Å². The van der Waals surface area contributed by atoms with Crippen molar-refractivity contribution >= 4 is 49.5 Å². The van der Waals surface area contributed by atoms with Gasteiger partial charge in [-0.3, -0.25) is 4.79 Å². The highest BCUT2D eigenvalue weighted by atomic mass is 79.9. The second-order valence-corrected chi connectivity index (χ2v) is 8.34. The van der Waals surface area contributed by atoms with E-state index in [-0.39, 0.29) is 5.57 Å². The van der Waals surface area contributed by atoms with Crippen molar-refractivity contribution in [1.29, 1.82) is 5.26 Å². The first-order valence-electron chi connectivity index (χ1n) is 9.82. The van der Waals surface area contributed by atoms with Gasteiger partial charge >= 0.3 is 0 Å². The monoisotopic (exact) mass is 554 g/mol. The molecule has 0 aliphatic heterocycles. The molecule has 7 heteroatoms. The number of anilines is 1. The second kappa shape index (κ2) is 11.5. The van der Waals surface area contributed by atoms with Crippen LogP contribution in [0.15, 0.2) is 81.2 Å². The summed E-state index contributed by atoms with van der Waals surface area (Å²) in [4.78, 5) is 12.5. The van der Waals surface area contributed by atoms with Crippen LogP contribution in [-0.2, 0) is 11.4 Å². The van der Waals surface area contributed by atoms with Crippen LogP contribution in [0.1, 0.15) is 18.1 Å². The van der Waals surface area contributed by atoms with Crippen molar-refractivity contribution in [2.24, 2.45) is 0 Å². The van der Waals surface area contributed by atoms with Crippen LogP contribution in [-0.4, -0.2) is 12.5 Å². The van der Waals surface area contributed by atoms with Crippen LogP contribution < -0.4 is 14.8 Å². The van der Waals surface area contributed by atoms with Crippen LogP contribution in [0.25, 0.3) is 6.08 Å². The number of nitriles is 1. The first-order valence-corrected chi connectivity index (χ1v) is 11.4. The Labute approximate surface area is 203 Å². The molecule has 162 valence electrons. The SMILES string of the molecule is CCOc1cc(/C=C(\C#N)C(=O)Nc2ccccc2)cc(Br)c1OCc1ccccc1Br. The van der Waals surface area contributed by atoms with Crippen LogP contribution in [0.3, 0.4) is 0 Å². The minimum Gasteiger partial charge on any atom is -0.490 e. The van der Waals surface area contributed by atoms with E-state index in [4.69, 9.17) is 9.47 Å². The normalized spacial score (nSPS) is 10.9. The molecule has 0 bridgehead atoms. The Morgan fingerprint density at radius 2 is 1.75 bits per heavy atom. The van der Waals surface area contributed by atoms with Crippen molar-refractivity contribution in [3.05, 3.63) is 92.4 Å². The van der Waals surface area contributed by atoms with Gasteiger partial charge in [-0.05, 0) is 64.8 Å². The summed E-state index contributed by atoms with van der Waals surface area (Å²) < 4.78 is 13.4. The molecule has 0 aliphatic carbocycles. The van der Waals surface area contributed by atoms with E-state index in [1.54, 1.807) is 24.3 Å². The number of para-hydroxylation sites is 1. The van der Waals surface area contributed by atoms with Gasteiger partial charge in [0.25, 0.3) is 5.91 Å². The summed E-state index contributed by atoms with van der Waals surface area (Å²) in [5.41, 5.74) is 2.22. The number of rotatable bonds is 8. The lowest BCUT2D eigenvalue weighted by molar-refractivity contribution is -0.112. The Balaban J connectivity index is 1.86. The maximum atomic E-state index is 12.5. The van der Waals surface area contributed by atoms with Gasteiger partial charge in [0.05, 0.1) is 11.1 Å². The number of ether oxygens (including phenoxy) is 2. The molecule has 0 aromatic heterocycles. The minimum atomic E-state index is -0.484. The highest BCUT2D eigenvalue weighted by Crippen LogP contribution is 2.38. The van der Waals surface area contributed by atoms with Crippen molar-refractivity contribution in [1.82, 2.24) is 0 Å². The molecule has 0 radical (unpaired) electrons. The molecular weight excluding hydrogens is 536 g/mol. The number of halogens is 2. The van der Waals surface area contributed by atoms with E-state index in [0.29, 0.717) is 40.4 Å². The number of hydrogen-bond donors (Lipinski definition) is 1. The van der Waals surface area contributed by atoms with Gasteiger partial charge in [-0.2, -0.15) is 5.26 Å². The van der Waals surface area contributed by atoms with Gasteiger partial charge in [0.2, 0.25) is 0 Å². The topological polar surface area (TPSA) is 71.3 Å². The van der Waals surface area contributed by atoms with Gasteiger partial charge < -0.3 is 14.8 Å². The summed E-state index contributed by atoms with van der Waals surface area (Å²) in [5, 5.41) is 12.2. The summed E-state index contributed by atoms with van der Waals surface area (Å²) >= 11 is 7.06. The lowest BCUT2D eigenvalue weighted by Crippen LogP contribution is -2.13. The number of benzene rings is 3. The van der Waals surface area contributed by atoms with Crippen molar-refractivity contribution in [3.63, 3.8) is 0 Å². The molecule has 3 aromatic carbocycles. The quantitative estimate of drug-likeness (QED) is 0.247. The average Bonchev–Trinajstić information content (AvgIpc) is 2.79. The van der Waals surface area contributed by atoms with Crippen molar-refractivity contribution in [2.45, 2.75) is 13.5 Å². The fourth-order valence-electron chi connectivity index (χ4n) is 2.87. The van der Waals surface area contributed by atoms with E-state index >= 15 is 0 Å². The number of carbonyl (C=O) groups excluding carboxylic acids is 1. The van der Waals surface area contributed by atoms with Crippen LogP contribution in [0.5, 0.6) is 11.5 Å². The fraction of sp³-hybridized carbons (Fsp3) is 0.120. The Morgan fingerprint density at radius 3 is 2.44 bits per heavy atom. The molecule has 3 aromatic rings. The number of carbonyl (C=O) groups is 1. The molecule has 0 fully saturated rings. The van der Waals surface area contributed by atoms with E-state index in [9.17, 15) is 10.1 Å². The summed E-state index contributed by atoms with van der Waals surface area (Å²) in [6.45, 7) is 2.66. The molecule has 0 atom stereocenters. The zero-order chi connectivity index (χ0) is 22.9. The molecule has 3 rings (SSSR count). The average molecular weight is 556 g/mol. The Morgan fingerprint density at radius 1 is 1.03 bits per heavy atom. The summed E-state index contributed by atoms with van der Waals surface area (Å²) in [5.74, 6) is 0.579. The molecule has 1 N–H and O–H groups in total. The smallest absolute Gasteiger partial charge is 0.266 e. The predicted octanol–water partition coefficient (Wildman–Crippen LogP) is 6.73. The van der Waals surface area contributed by atoms with Crippen LogP contribution >= 0.6 is 31.9 Å². The van der Waals surface area contributed by atoms with E-state index in [1.807, 2.05) is 55.5 Å². The second-order valence-electron chi connectivity index (χ2n) is 6.63. The maximum absolute atomic E-state index is 12.5. The summed E-state index contributed by atoms with van der Waals surface area (Å²) in [7, 11) is 0. The predicted molar refractivity (Wildman–Crippen MR) is 132 cm³/mol. The number of hydrogen-bond acceptors (Lipinski definition) is 4. The molecule has 32 heavy (non-hydrogen) atoms. The standard InChI is InChI=1S/C25H20Br2N2O3/c1-2-31-23-14-17(12-19(15-28)25(30)29-20-9-4-3-5-10-20)13-22(27)24(23)32-16-18-8-6-7-11-21(18)26/h3-14H,2,16H2,1H3,(H,29,30)/b19-12+. The largest absolute Gasteiger partial charge is 0.490 e. The molecular formula is C25H20Br2N2O3. The Hall–Kier alpha value is -3.08. The molecule has 0 saturated carbocycles. The number of amides is 1. The van der Waals surface area contributed by atoms with E-state index < -0.39 is 5.91 Å². The number of nitrogens with zero attached hydrogens (tertiary/aromatic N) is 1. The van der Waals surface area contributed by atoms with E-state index in [0.717, 1.165) is 10.0 Å². The van der Waals surface area contributed by atoms with Gasteiger partial charge in [-0.25, -0.2) is 0 Å². The van der Waals surface area contributed by atoms with Gasteiger partial charge in [0.15, 0.2) is 11.5 Å². The van der Waals surface area contributed by atoms with Gasteiger partial charge in [0, 0.05) is 15.7 Å². The van der Waals surface area contributed by atoms with Crippen LogP contribution in [0.4, 0.5) is 5.69 Å². The highest BCUT2D eigenvalue weighted by molar-refractivity contribution is 9.10. The maximum Gasteiger partial charge on any atom is 0.266 e. The molecule has 0 spiro atoms. The first-order chi connectivity index (χ1) is 15.5. The van der Waals surface area contributed by atoms with E-state index in [2.05, 4.69) is 37.2 Å². The van der Waals surface area contributed by atoms with Gasteiger partial charge in [-0.15, -0.1) is 0 Å². The van der Waals surface area contributed by atoms with Crippen molar-refractivity contribution < 1.29 is 14.3 Å². The first kappa shape index (κ1) is 23.6. The minimum absolute atomic E-state index is 0.0231. The van der Waals surface area contributed by atoms with Crippen molar-refractivity contribution in [2.75, 3.05) is 11.9 Å². The zero-order valence-corrected chi connectivity index (χ0v) is 20.4. The van der Waals surface area contributed by atoms with Gasteiger partial charge in [-0.1, -0.05) is 52.3 Å². The molecule has 1 amide bonds. The third-order valence-corrected chi connectivity index (χ3v) is 5.73. The van der Waals surface area contributed by atoms with Crippen LogP contribution in [0, 0.1) is 11.3 Å². The molecule has 0 heterocycles. The lowest BCUT2D eigenvalue weighted by atomic mass is 10.1. The highest BCUT2D eigenvalue weighted by Gasteiger charge is 2.15. The summed E-state index contributed by atoms with van der Waals surface area (Å²) in [6, 6.07) is 22.3. The van der Waals surface area contributed by atoms with Crippen molar-refractivity contribution in [3.8, 4) is 17.6 Å². The summed E-state index contributed by atoms with van der Waals surface area (Å²) in [6.07, 6.45) is 1.52. The third kappa shape index (κ3) is 6.22. The third-order valence-electron chi connectivity index (χ3n) is 4.37. The molecule has 0 unspecified atom stereocenters. The number of nitrogens with one attached hydrogen (secondary N) is 1. The Kier molecular flexibility index (Phi) is 8.48. The molecule has 0 saturated heterocycles. The van der Waals surface area contributed by atoms with Crippen LogP contribution in [0.2, 0.25) is 0 Å². The fourth-order valence-corrected chi connectivity index (χ4v) is 3.85. The molecule has 5 nitrogen and oxygen atoms in total. The lowest BCUT2D eigenvalue weighted by Gasteiger charge is -2.15.